The minimum atomic E-state index is -0.839. The van der Waals surface area contributed by atoms with Gasteiger partial charge in [-0.1, -0.05) is 46.3 Å². The molecule has 0 bridgehead atoms. The Balaban J connectivity index is 1.63. The van der Waals surface area contributed by atoms with E-state index < -0.39 is 11.0 Å². The second-order valence-electron chi connectivity index (χ2n) is 14.9. The Hall–Kier alpha value is -1.16. The third-order valence-electron chi connectivity index (χ3n) is 13.1. The molecule has 0 amide bonds. The van der Waals surface area contributed by atoms with Crippen LogP contribution in [0.4, 0.5) is 0 Å². The fraction of sp³-hybridized carbons (Fsp3) is 0.871. The van der Waals surface area contributed by atoms with E-state index in [0.717, 1.165) is 51.4 Å². The van der Waals surface area contributed by atoms with Crippen molar-refractivity contribution < 1.29 is 19.4 Å². The number of ketones is 1. The third-order valence-corrected chi connectivity index (χ3v) is 13.1. The van der Waals surface area contributed by atoms with Crippen molar-refractivity contribution in [3.8, 4) is 0 Å². The molecule has 4 nitrogen and oxygen atoms in total. The average molecular weight is 485 g/mol. The van der Waals surface area contributed by atoms with Crippen molar-refractivity contribution in [2.75, 3.05) is 7.11 Å². The lowest BCUT2D eigenvalue weighted by molar-refractivity contribution is -0.187. The minimum absolute atomic E-state index is 0.00841. The fourth-order valence-electron chi connectivity index (χ4n) is 10.9. The number of Topliss-reactive ketones (excluding diaryl/α,β-unsaturated/α-hetero) is 1. The second-order valence-corrected chi connectivity index (χ2v) is 14.9. The molecule has 4 heteroatoms. The number of fused-ring (bicyclic) bond motifs is 7. The molecule has 196 valence electrons. The van der Waals surface area contributed by atoms with Crippen molar-refractivity contribution in [2.45, 2.75) is 112 Å². The molecule has 0 spiro atoms. The average Bonchev–Trinajstić information content (AvgIpc) is 3.18. The van der Waals surface area contributed by atoms with E-state index in [9.17, 15) is 14.7 Å². The highest BCUT2D eigenvalue weighted by atomic mass is 16.5. The van der Waals surface area contributed by atoms with E-state index in [0.29, 0.717) is 24.0 Å². The van der Waals surface area contributed by atoms with Gasteiger partial charge in [0.2, 0.25) is 0 Å². The maximum atomic E-state index is 13.4. The highest BCUT2D eigenvalue weighted by Crippen LogP contribution is 2.76. The summed E-state index contributed by atoms with van der Waals surface area (Å²) in [5.41, 5.74) is 0.106. The summed E-state index contributed by atoms with van der Waals surface area (Å²) < 4.78 is 5.44. The van der Waals surface area contributed by atoms with E-state index in [2.05, 4.69) is 40.7 Å². The molecule has 5 aliphatic carbocycles. The Bertz CT molecular complexity index is 971. The summed E-state index contributed by atoms with van der Waals surface area (Å²) >= 11 is 0. The topological polar surface area (TPSA) is 63.6 Å². The zero-order valence-corrected chi connectivity index (χ0v) is 23.4. The molecule has 0 heterocycles. The number of rotatable bonds is 2. The highest BCUT2D eigenvalue weighted by molar-refractivity contribution is 5.85. The van der Waals surface area contributed by atoms with Gasteiger partial charge >= 0.3 is 5.97 Å². The number of ether oxygens (including phenoxy) is 1. The van der Waals surface area contributed by atoms with Crippen molar-refractivity contribution in [3.05, 3.63) is 11.6 Å². The molecule has 1 N–H and O–H groups in total. The summed E-state index contributed by atoms with van der Waals surface area (Å²) in [6.07, 6.45) is 11.0. The lowest BCUT2D eigenvalue weighted by Crippen LogP contribution is -2.64. The van der Waals surface area contributed by atoms with Crippen LogP contribution >= 0.6 is 0 Å². The van der Waals surface area contributed by atoms with Crippen LogP contribution in [-0.4, -0.2) is 29.6 Å². The van der Waals surface area contributed by atoms with Crippen LogP contribution in [-0.2, 0) is 14.3 Å². The number of aliphatic hydroxyl groups is 1. The molecule has 0 aromatic carbocycles. The Morgan fingerprint density at radius 1 is 1.00 bits per heavy atom. The molecule has 35 heavy (non-hydrogen) atoms. The molecular weight excluding hydrogens is 436 g/mol. The number of hydrogen-bond acceptors (Lipinski definition) is 4. The predicted molar refractivity (Wildman–Crippen MR) is 137 cm³/mol. The van der Waals surface area contributed by atoms with Crippen molar-refractivity contribution >= 4 is 11.8 Å². The predicted octanol–water partition coefficient (Wildman–Crippen LogP) is 6.50. The first kappa shape index (κ1) is 25.5. The molecule has 0 aliphatic heterocycles. The number of methoxy groups -OCH3 is 1. The van der Waals surface area contributed by atoms with Gasteiger partial charge in [-0.2, -0.15) is 0 Å². The van der Waals surface area contributed by atoms with Gasteiger partial charge in [0.05, 0.1) is 18.1 Å². The molecule has 0 radical (unpaired) electrons. The van der Waals surface area contributed by atoms with Crippen LogP contribution in [0.3, 0.4) is 0 Å². The molecule has 5 rings (SSSR count). The summed E-state index contributed by atoms with van der Waals surface area (Å²) in [6.45, 7) is 15.8. The SMILES string of the molecule is COC(=O)C12CCC(C(C)(C)O)C1C1=CCC3C4(C)CCC(=O)C(C)(C)C4CCC3(C)C1(C)CC2. The maximum Gasteiger partial charge on any atom is 0.312 e. The van der Waals surface area contributed by atoms with Gasteiger partial charge in [-0.3, -0.25) is 9.59 Å². The molecule has 8 unspecified atom stereocenters. The molecule has 8 atom stereocenters. The Morgan fingerprint density at radius 3 is 2.31 bits per heavy atom. The number of carbonyl (C=O) groups is 2. The summed E-state index contributed by atoms with van der Waals surface area (Å²) in [5.74, 6) is 1.44. The van der Waals surface area contributed by atoms with E-state index in [1.165, 1.54) is 12.7 Å². The molecule has 0 aromatic rings. The van der Waals surface area contributed by atoms with Gasteiger partial charge in [-0.15, -0.1) is 0 Å². The van der Waals surface area contributed by atoms with Gasteiger partial charge in [0.25, 0.3) is 0 Å². The summed E-state index contributed by atoms with van der Waals surface area (Å²) in [5, 5.41) is 11.3. The normalized spacial score (nSPS) is 48.7. The van der Waals surface area contributed by atoms with Gasteiger partial charge in [0, 0.05) is 17.8 Å². The van der Waals surface area contributed by atoms with Crippen molar-refractivity contribution in [1.82, 2.24) is 0 Å². The number of hydrogen-bond donors (Lipinski definition) is 1. The van der Waals surface area contributed by atoms with E-state index in [1.807, 2.05) is 13.8 Å². The number of allylic oxidation sites excluding steroid dienone is 2. The van der Waals surface area contributed by atoms with Gasteiger partial charge in [-0.05, 0) is 99.2 Å². The number of esters is 1. The monoisotopic (exact) mass is 484 g/mol. The van der Waals surface area contributed by atoms with Gasteiger partial charge < -0.3 is 9.84 Å². The van der Waals surface area contributed by atoms with Crippen LogP contribution in [0, 0.1) is 50.7 Å². The van der Waals surface area contributed by atoms with E-state index in [4.69, 9.17) is 4.74 Å². The first-order valence-corrected chi connectivity index (χ1v) is 14.1. The summed E-state index contributed by atoms with van der Waals surface area (Å²) in [6, 6.07) is 0. The zero-order valence-electron chi connectivity index (χ0n) is 23.4. The lowest BCUT2D eigenvalue weighted by atomic mass is 9.34. The van der Waals surface area contributed by atoms with E-state index >= 15 is 0 Å². The van der Waals surface area contributed by atoms with E-state index in [1.54, 1.807) is 0 Å². The maximum absolute atomic E-state index is 13.4. The summed E-state index contributed by atoms with van der Waals surface area (Å²) in [4.78, 5) is 26.3. The number of carbonyl (C=O) groups excluding carboxylic acids is 2. The van der Waals surface area contributed by atoms with Crippen LogP contribution < -0.4 is 0 Å². The third kappa shape index (κ3) is 3.01. The van der Waals surface area contributed by atoms with Crippen LogP contribution in [0.5, 0.6) is 0 Å². The standard InChI is InChI=1S/C31H48O4/c1-26(2)21-12-15-30(7)22(28(21,5)14-13-23(26)32)10-9-20-24-19(27(3,4)34)11-16-31(24,25(33)35-8)18-17-29(20,30)6/h9,19,21-22,24,34H,10-18H2,1-8H3. The Labute approximate surface area is 212 Å². The molecule has 4 saturated carbocycles. The quantitative estimate of drug-likeness (QED) is 0.359. The molecule has 5 aliphatic rings. The van der Waals surface area contributed by atoms with Gasteiger partial charge in [0.1, 0.15) is 5.78 Å². The van der Waals surface area contributed by atoms with Crippen molar-refractivity contribution in [1.29, 1.82) is 0 Å². The van der Waals surface area contributed by atoms with Gasteiger partial charge in [0.15, 0.2) is 0 Å². The first-order chi connectivity index (χ1) is 16.1. The molecule has 0 aromatic heterocycles. The highest BCUT2D eigenvalue weighted by Gasteiger charge is 2.71. The van der Waals surface area contributed by atoms with Crippen LogP contribution in [0.25, 0.3) is 0 Å². The second kappa shape index (κ2) is 7.45. The van der Waals surface area contributed by atoms with E-state index in [-0.39, 0.29) is 39.5 Å². The van der Waals surface area contributed by atoms with Crippen LogP contribution in [0.15, 0.2) is 11.6 Å². The zero-order chi connectivity index (χ0) is 25.8. The first-order valence-electron chi connectivity index (χ1n) is 14.1. The van der Waals surface area contributed by atoms with Crippen molar-refractivity contribution in [2.24, 2.45) is 50.7 Å². The summed E-state index contributed by atoms with van der Waals surface area (Å²) in [7, 11) is 1.53. The largest absolute Gasteiger partial charge is 0.469 e. The van der Waals surface area contributed by atoms with Gasteiger partial charge in [-0.25, -0.2) is 0 Å². The van der Waals surface area contributed by atoms with Crippen LogP contribution in [0.1, 0.15) is 106 Å². The molecule has 4 fully saturated rings. The fourth-order valence-corrected chi connectivity index (χ4v) is 10.9. The van der Waals surface area contributed by atoms with Crippen LogP contribution in [0.2, 0.25) is 0 Å². The lowest BCUT2D eigenvalue weighted by Gasteiger charge is -2.70. The smallest absolute Gasteiger partial charge is 0.312 e. The molecule has 0 saturated heterocycles. The minimum Gasteiger partial charge on any atom is -0.469 e. The Kier molecular flexibility index (Phi) is 5.43. The van der Waals surface area contributed by atoms with Crippen molar-refractivity contribution in [3.63, 3.8) is 0 Å². The Morgan fingerprint density at radius 2 is 1.69 bits per heavy atom. The molecular formula is C31H48O4.